The second-order valence-corrected chi connectivity index (χ2v) is 8.41. The van der Waals surface area contributed by atoms with E-state index in [1.165, 1.54) is 18.4 Å². The number of benzene rings is 1. The third-order valence-corrected chi connectivity index (χ3v) is 6.31. The fraction of sp³-hybridized carbons (Fsp3) is 0.500. The summed E-state index contributed by atoms with van der Waals surface area (Å²) in [6.07, 6.45) is 2.07. The van der Waals surface area contributed by atoms with Crippen molar-refractivity contribution in [3.05, 3.63) is 24.0 Å². The molecule has 1 amide bonds. The molecule has 0 unspecified atom stereocenters. The summed E-state index contributed by atoms with van der Waals surface area (Å²) < 4.78 is 27.6. The Labute approximate surface area is 141 Å². The van der Waals surface area contributed by atoms with E-state index in [2.05, 4.69) is 4.98 Å². The van der Waals surface area contributed by atoms with Crippen molar-refractivity contribution in [3.63, 3.8) is 0 Å². The lowest BCUT2D eigenvalue weighted by molar-refractivity contribution is -0.134. The van der Waals surface area contributed by atoms with Gasteiger partial charge in [0.05, 0.1) is 15.9 Å². The van der Waals surface area contributed by atoms with E-state index in [0.29, 0.717) is 18.4 Å². The van der Waals surface area contributed by atoms with Crippen molar-refractivity contribution in [2.75, 3.05) is 27.2 Å². The lowest BCUT2D eigenvalue weighted by Gasteiger charge is -2.30. The van der Waals surface area contributed by atoms with Gasteiger partial charge >= 0.3 is 0 Å². The number of carbonyl (C=O) groups excluding carboxylic acids is 1. The second-order valence-electron chi connectivity index (χ2n) is 6.26. The molecule has 7 nitrogen and oxygen atoms in total. The molecule has 0 saturated carbocycles. The summed E-state index contributed by atoms with van der Waals surface area (Å²) in [6.45, 7) is 1.71. The highest BCUT2D eigenvalue weighted by Gasteiger charge is 2.21. The number of aryl methyl sites for hydroxylation is 2. The van der Waals surface area contributed by atoms with Crippen LogP contribution in [-0.4, -0.2) is 60.3 Å². The quantitative estimate of drug-likeness (QED) is 0.806. The predicted molar refractivity (Wildman–Crippen MR) is 91.1 cm³/mol. The number of rotatable bonds is 5. The first-order valence-electron chi connectivity index (χ1n) is 7.96. The molecular weight excluding hydrogens is 328 g/mol. The van der Waals surface area contributed by atoms with E-state index in [1.54, 1.807) is 18.2 Å². The molecule has 0 atom stereocenters. The van der Waals surface area contributed by atoms with Crippen LogP contribution in [0.5, 0.6) is 0 Å². The molecule has 1 aliphatic heterocycles. The first kappa shape index (κ1) is 16.9. The third kappa shape index (κ3) is 2.91. The van der Waals surface area contributed by atoms with Crippen LogP contribution < -0.4 is 0 Å². The number of aromatic nitrogens is 2. The summed E-state index contributed by atoms with van der Waals surface area (Å²) in [5, 5.41) is 0. The maximum Gasteiger partial charge on any atom is 0.242 e. The minimum absolute atomic E-state index is 0.157. The van der Waals surface area contributed by atoms with Crippen molar-refractivity contribution >= 4 is 27.0 Å². The van der Waals surface area contributed by atoms with Gasteiger partial charge in [-0.15, -0.1) is 0 Å². The first-order valence-corrected chi connectivity index (χ1v) is 9.40. The van der Waals surface area contributed by atoms with Crippen molar-refractivity contribution in [1.82, 2.24) is 18.8 Å². The monoisotopic (exact) mass is 350 g/mol. The lowest BCUT2D eigenvalue weighted by Crippen LogP contribution is -2.42. The zero-order chi connectivity index (χ0) is 17.5. The van der Waals surface area contributed by atoms with Gasteiger partial charge in [0.2, 0.25) is 15.9 Å². The van der Waals surface area contributed by atoms with Crippen molar-refractivity contribution in [2.24, 2.45) is 7.05 Å². The van der Waals surface area contributed by atoms with Crippen LogP contribution in [0.15, 0.2) is 23.1 Å². The minimum atomic E-state index is -3.48. The Hall–Kier alpha value is -1.93. The topological polar surface area (TPSA) is 75.5 Å². The van der Waals surface area contributed by atoms with E-state index in [9.17, 15) is 13.2 Å². The number of sulfonamides is 1. The lowest BCUT2D eigenvalue weighted by atomic mass is 10.2. The molecule has 130 valence electrons. The van der Waals surface area contributed by atoms with Crippen LogP contribution in [0.1, 0.15) is 18.7 Å². The highest BCUT2D eigenvalue weighted by atomic mass is 32.2. The number of amides is 1. The van der Waals surface area contributed by atoms with Gasteiger partial charge in [-0.25, -0.2) is 17.7 Å². The molecule has 0 N–H and O–H groups in total. The van der Waals surface area contributed by atoms with E-state index in [-0.39, 0.29) is 10.8 Å². The molecule has 1 aliphatic rings. The van der Waals surface area contributed by atoms with Crippen LogP contribution in [0.4, 0.5) is 0 Å². The van der Waals surface area contributed by atoms with Gasteiger partial charge in [-0.1, -0.05) is 0 Å². The minimum Gasteiger partial charge on any atom is -0.343 e. The normalized spacial score (nSPS) is 15.1. The smallest absolute Gasteiger partial charge is 0.242 e. The van der Waals surface area contributed by atoms with Crippen LogP contribution >= 0.6 is 0 Å². The summed E-state index contributed by atoms with van der Waals surface area (Å²) in [4.78, 5) is 18.6. The maximum absolute atomic E-state index is 12.2. The van der Waals surface area contributed by atoms with E-state index < -0.39 is 10.0 Å². The van der Waals surface area contributed by atoms with Crippen LogP contribution in [0.25, 0.3) is 11.0 Å². The summed E-state index contributed by atoms with van der Waals surface area (Å²) >= 11 is 0. The van der Waals surface area contributed by atoms with Gasteiger partial charge in [0.25, 0.3) is 0 Å². The predicted octanol–water partition coefficient (Wildman–Crippen LogP) is 0.989. The largest absolute Gasteiger partial charge is 0.343 e. The molecule has 2 aromatic rings. The summed E-state index contributed by atoms with van der Waals surface area (Å²) in [7, 11) is 1.42. The van der Waals surface area contributed by atoms with E-state index in [0.717, 1.165) is 30.9 Å². The number of hydrogen-bond donors (Lipinski definition) is 0. The SMILES string of the molecule is CN(C)S(=O)(=O)c1ccc2c(c1)nc(CCC(=O)N1CCC1)n2C. The number of fused-ring (bicyclic) bond motifs is 1. The molecule has 1 aromatic carbocycles. The molecule has 3 rings (SSSR count). The number of nitrogens with zero attached hydrogens (tertiary/aromatic N) is 4. The Morgan fingerprint density at radius 3 is 2.58 bits per heavy atom. The van der Waals surface area contributed by atoms with Gasteiger partial charge in [-0.3, -0.25) is 4.79 Å². The standard InChI is InChI=1S/C16H22N4O3S/c1-18(2)24(22,23)12-5-6-14-13(11-12)17-15(19(14)3)7-8-16(21)20-9-4-10-20/h5-6,11H,4,7-10H2,1-3H3. The molecule has 1 saturated heterocycles. The Morgan fingerprint density at radius 1 is 1.29 bits per heavy atom. The molecule has 24 heavy (non-hydrogen) atoms. The van der Waals surface area contributed by atoms with Crippen molar-refractivity contribution < 1.29 is 13.2 Å². The van der Waals surface area contributed by atoms with Gasteiger partial charge in [0.1, 0.15) is 5.82 Å². The average Bonchev–Trinajstić information content (AvgIpc) is 2.79. The van der Waals surface area contributed by atoms with Crippen molar-refractivity contribution in [2.45, 2.75) is 24.2 Å². The molecule has 8 heteroatoms. The van der Waals surface area contributed by atoms with Gasteiger partial charge in [0.15, 0.2) is 0 Å². The summed E-state index contributed by atoms with van der Waals surface area (Å²) in [6, 6.07) is 4.94. The molecule has 2 heterocycles. The Morgan fingerprint density at radius 2 is 2.00 bits per heavy atom. The van der Waals surface area contributed by atoms with E-state index in [4.69, 9.17) is 0 Å². The maximum atomic E-state index is 12.2. The van der Waals surface area contributed by atoms with Crippen molar-refractivity contribution in [1.29, 1.82) is 0 Å². The molecule has 1 fully saturated rings. The number of likely N-dealkylation sites (tertiary alicyclic amines) is 1. The molecule has 0 bridgehead atoms. The molecule has 0 aliphatic carbocycles. The summed E-state index contributed by atoms with van der Waals surface area (Å²) in [5.74, 6) is 0.947. The van der Waals surface area contributed by atoms with Crippen LogP contribution in [0.3, 0.4) is 0 Å². The molecular formula is C16H22N4O3S. The Kier molecular flexibility index (Phi) is 4.35. The average molecular weight is 350 g/mol. The zero-order valence-corrected chi connectivity index (χ0v) is 15.0. The highest BCUT2D eigenvalue weighted by Crippen LogP contribution is 2.22. The number of hydrogen-bond acceptors (Lipinski definition) is 4. The number of imidazole rings is 1. The fourth-order valence-electron chi connectivity index (χ4n) is 2.77. The van der Waals surface area contributed by atoms with Gasteiger partial charge < -0.3 is 9.47 Å². The van der Waals surface area contributed by atoms with Gasteiger partial charge in [-0.05, 0) is 24.6 Å². The van der Waals surface area contributed by atoms with Crippen LogP contribution in [-0.2, 0) is 28.3 Å². The van der Waals surface area contributed by atoms with E-state index >= 15 is 0 Å². The van der Waals surface area contributed by atoms with Crippen LogP contribution in [0, 0.1) is 0 Å². The third-order valence-electron chi connectivity index (χ3n) is 4.49. The molecule has 1 aromatic heterocycles. The zero-order valence-electron chi connectivity index (χ0n) is 14.2. The Bertz CT molecular complexity index is 882. The van der Waals surface area contributed by atoms with Gasteiger partial charge in [0, 0.05) is 47.1 Å². The highest BCUT2D eigenvalue weighted by molar-refractivity contribution is 7.89. The van der Waals surface area contributed by atoms with E-state index in [1.807, 2.05) is 16.5 Å². The Balaban J connectivity index is 1.85. The second kappa shape index (κ2) is 6.18. The van der Waals surface area contributed by atoms with Crippen LogP contribution in [0.2, 0.25) is 0 Å². The van der Waals surface area contributed by atoms with Crippen molar-refractivity contribution in [3.8, 4) is 0 Å². The summed E-state index contributed by atoms with van der Waals surface area (Å²) in [5.41, 5.74) is 1.49. The fourth-order valence-corrected chi connectivity index (χ4v) is 3.69. The molecule has 0 spiro atoms. The number of carbonyl (C=O) groups is 1. The first-order chi connectivity index (χ1) is 11.3. The molecule has 0 radical (unpaired) electrons. The van der Waals surface area contributed by atoms with Gasteiger partial charge in [-0.2, -0.15) is 0 Å².